The molecule has 1 aliphatic rings. The molecular formula is C17H17N3. The Balaban J connectivity index is 1.81. The van der Waals surface area contributed by atoms with Crippen LogP contribution < -0.4 is 11.1 Å². The Morgan fingerprint density at radius 3 is 2.90 bits per heavy atom. The minimum atomic E-state index is 0.584. The third-order valence-electron chi connectivity index (χ3n) is 4.05. The van der Waals surface area contributed by atoms with Crippen LogP contribution in [0.4, 0.5) is 5.69 Å². The van der Waals surface area contributed by atoms with Gasteiger partial charge in [-0.25, -0.2) is 0 Å². The van der Waals surface area contributed by atoms with Crippen LogP contribution in [0.25, 0.3) is 22.2 Å². The van der Waals surface area contributed by atoms with Crippen LogP contribution in [0.1, 0.15) is 11.1 Å². The Morgan fingerprint density at radius 1 is 1.05 bits per heavy atom. The lowest BCUT2D eigenvalue weighted by Crippen LogP contribution is -1.94. The van der Waals surface area contributed by atoms with Crippen LogP contribution in [0.15, 0.2) is 42.5 Å². The quantitative estimate of drug-likeness (QED) is 0.664. The summed E-state index contributed by atoms with van der Waals surface area (Å²) in [6, 6.07) is 15.2. The SMILES string of the molecule is NCc1ccc2[nH]c(-c3ccc4c(c3)CCN4)cc2c1. The number of H-pyrrole nitrogens is 1. The molecule has 4 rings (SSSR count). The molecule has 0 amide bonds. The molecule has 0 aliphatic carbocycles. The molecule has 2 aromatic carbocycles. The van der Waals surface area contributed by atoms with Gasteiger partial charge in [0, 0.05) is 35.4 Å². The number of fused-ring (bicyclic) bond motifs is 2. The molecule has 0 saturated carbocycles. The van der Waals surface area contributed by atoms with E-state index >= 15 is 0 Å². The molecule has 4 N–H and O–H groups in total. The molecule has 0 fully saturated rings. The van der Waals surface area contributed by atoms with Crippen LogP contribution in [-0.2, 0) is 13.0 Å². The van der Waals surface area contributed by atoms with Gasteiger partial charge in [-0.05, 0) is 53.4 Å². The van der Waals surface area contributed by atoms with Crippen molar-refractivity contribution in [2.24, 2.45) is 5.73 Å². The number of nitrogens with two attached hydrogens (primary N) is 1. The highest BCUT2D eigenvalue weighted by atomic mass is 14.9. The number of hydrogen-bond donors (Lipinski definition) is 3. The maximum atomic E-state index is 5.70. The van der Waals surface area contributed by atoms with Crippen molar-refractivity contribution in [2.45, 2.75) is 13.0 Å². The molecule has 1 aliphatic heterocycles. The second-order valence-corrected chi connectivity index (χ2v) is 5.36. The maximum Gasteiger partial charge on any atom is 0.0464 e. The van der Waals surface area contributed by atoms with Crippen molar-refractivity contribution >= 4 is 16.6 Å². The normalized spacial score (nSPS) is 13.4. The number of aromatic amines is 1. The lowest BCUT2D eigenvalue weighted by Gasteiger charge is -2.02. The predicted molar refractivity (Wildman–Crippen MR) is 83.8 cm³/mol. The molecule has 3 aromatic rings. The molecule has 0 unspecified atom stereocenters. The van der Waals surface area contributed by atoms with Crippen molar-refractivity contribution in [1.82, 2.24) is 4.98 Å². The Labute approximate surface area is 117 Å². The molecule has 100 valence electrons. The van der Waals surface area contributed by atoms with E-state index in [0.717, 1.165) is 18.5 Å². The zero-order chi connectivity index (χ0) is 13.5. The van der Waals surface area contributed by atoms with Gasteiger partial charge >= 0.3 is 0 Å². The van der Waals surface area contributed by atoms with Crippen molar-refractivity contribution in [3.05, 3.63) is 53.6 Å². The van der Waals surface area contributed by atoms with E-state index < -0.39 is 0 Å². The zero-order valence-corrected chi connectivity index (χ0v) is 11.2. The van der Waals surface area contributed by atoms with Gasteiger partial charge in [-0.2, -0.15) is 0 Å². The van der Waals surface area contributed by atoms with E-state index in [1.807, 2.05) is 0 Å². The summed E-state index contributed by atoms with van der Waals surface area (Å²) >= 11 is 0. The number of nitrogens with one attached hydrogen (secondary N) is 2. The Kier molecular flexibility index (Phi) is 2.54. The lowest BCUT2D eigenvalue weighted by atomic mass is 10.1. The van der Waals surface area contributed by atoms with Crippen molar-refractivity contribution in [2.75, 3.05) is 11.9 Å². The summed E-state index contributed by atoms with van der Waals surface area (Å²) in [7, 11) is 0. The third kappa shape index (κ3) is 1.79. The van der Waals surface area contributed by atoms with Crippen molar-refractivity contribution in [3.63, 3.8) is 0 Å². The van der Waals surface area contributed by atoms with Gasteiger partial charge in [0.05, 0.1) is 0 Å². The van der Waals surface area contributed by atoms with Crippen molar-refractivity contribution < 1.29 is 0 Å². The molecule has 0 atom stereocenters. The summed E-state index contributed by atoms with van der Waals surface area (Å²) in [4.78, 5) is 3.49. The van der Waals surface area contributed by atoms with Crippen molar-refractivity contribution in [3.8, 4) is 11.3 Å². The summed E-state index contributed by atoms with van der Waals surface area (Å²) in [6.45, 7) is 1.63. The zero-order valence-electron chi connectivity index (χ0n) is 11.2. The lowest BCUT2D eigenvalue weighted by molar-refractivity contribution is 1.08. The van der Waals surface area contributed by atoms with Crippen LogP contribution in [0.5, 0.6) is 0 Å². The molecule has 2 heterocycles. The summed E-state index contributed by atoms with van der Waals surface area (Å²) in [5.74, 6) is 0. The molecule has 1 aromatic heterocycles. The average molecular weight is 263 g/mol. The molecule has 3 nitrogen and oxygen atoms in total. The standard InChI is InChI=1S/C17H17N3/c18-10-11-1-3-16-14(7-11)9-17(20-16)12-2-4-15-13(8-12)5-6-19-15/h1-4,7-9,19-20H,5-6,10,18H2. The van der Waals surface area contributed by atoms with Crippen LogP contribution in [0.3, 0.4) is 0 Å². The molecular weight excluding hydrogens is 246 g/mol. The fourth-order valence-electron chi connectivity index (χ4n) is 2.94. The first kappa shape index (κ1) is 11.6. The number of anilines is 1. The average Bonchev–Trinajstić information content (AvgIpc) is 3.11. The van der Waals surface area contributed by atoms with E-state index in [1.54, 1.807) is 0 Å². The van der Waals surface area contributed by atoms with E-state index in [-0.39, 0.29) is 0 Å². The van der Waals surface area contributed by atoms with Crippen molar-refractivity contribution in [1.29, 1.82) is 0 Å². The van der Waals surface area contributed by atoms with Gasteiger partial charge in [0.15, 0.2) is 0 Å². The number of hydrogen-bond acceptors (Lipinski definition) is 2. The topological polar surface area (TPSA) is 53.8 Å². The Hall–Kier alpha value is -2.26. The summed E-state index contributed by atoms with van der Waals surface area (Å²) in [5, 5.41) is 4.62. The minimum Gasteiger partial charge on any atom is -0.384 e. The maximum absolute atomic E-state index is 5.70. The first-order valence-corrected chi connectivity index (χ1v) is 7.02. The molecule has 0 bridgehead atoms. The second kappa shape index (κ2) is 4.39. The van der Waals surface area contributed by atoms with Gasteiger partial charge in [0.1, 0.15) is 0 Å². The molecule has 0 radical (unpaired) electrons. The molecule has 0 spiro atoms. The van der Waals surface area contributed by atoms with Gasteiger partial charge in [-0.1, -0.05) is 12.1 Å². The highest BCUT2D eigenvalue weighted by Gasteiger charge is 2.11. The fraction of sp³-hybridized carbons (Fsp3) is 0.176. The van der Waals surface area contributed by atoms with E-state index in [4.69, 9.17) is 5.73 Å². The number of benzene rings is 2. The van der Waals surface area contributed by atoms with Gasteiger partial charge in [-0.15, -0.1) is 0 Å². The molecule has 20 heavy (non-hydrogen) atoms. The molecule has 3 heteroatoms. The largest absolute Gasteiger partial charge is 0.384 e. The fourth-order valence-corrected chi connectivity index (χ4v) is 2.94. The van der Waals surface area contributed by atoms with Crippen LogP contribution in [0, 0.1) is 0 Å². The summed E-state index contributed by atoms with van der Waals surface area (Å²) in [5.41, 5.74) is 13.1. The Morgan fingerprint density at radius 2 is 2.00 bits per heavy atom. The summed E-state index contributed by atoms with van der Waals surface area (Å²) < 4.78 is 0. The summed E-state index contributed by atoms with van der Waals surface area (Å²) in [6.07, 6.45) is 1.11. The van der Waals surface area contributed by atoms with E-state index in [2.05, 4.69) is 52.8 Å². The number of aromatic nitrogens is 1. The minimum absolute atomic E-state index is 0.584. The monoisotopic (exact) mass is 263 g/mol. The predicted octanol–water partition coefficient (Wildman–Crippen LogP) is 3.26. The van der Waals surface area contributed by atoms with Crippen LogP contribution >= 0.6 is 0 Å². The van der Waals surface area contributed by atoms with E-state index in [9.17, 15) is 0 Å². The number of rotatable bonds is 2. The van der Waals surface area contributed by atoms with Gasteiger partial charge in [0.2, 0.25) is 0 Å². The first-order chi connectivity index (χ1) is 9.83. The third-order valence-corrected chi connectivity index (χ3v) is 4.05. The Bertz CT molecular complexity index is 786. The first-order valence-electron chi connectivity index (χ1n) is 7.02. The van der Waals surface area contributed by atoms with Gasteiger partial charge in [0.25, 0.3) is 0 Å². The smallest absolute Gasteiger partial charge is 0.0464 e. The second-order valence-electron chi connectivity index (χ2n) is 5.36. The van der Waals surface area contributed by atoms with E-state index in [0.29, 0.717) is 6.54 Å². The highest BCUT2D eigenvalue weighted by molar-refractivity contribution is 5.86. The van der Waals surface area contributed by atoms with E-state index in [1.165, 1.54) is 33.5 Å². The highest BCUT2D eigenvalue weighted by Crippen LogP contribution is 2.30. The van der Waals surface area contributed by atoms with Crippen LogP contribution in [-0.4, -0.2) is 11.5 Å². The van der Waals surface area contributed by atoms with Gasteiger partial charge < -0.3 is 16.0 Å². The molecule has 0 saturated heterocycles. The van der Waals surface area contributed by atoms with Crippen LogP contribution in [0.2, 0.25) is 0 Å². The van der Waals surface area contributed by atoms with Gasteiger partial charge in [-0.3, -0.25) is 0 Å².